The van der Waals surface area contributed by atoms with Crippen molar-refractivity contribution in [3.05, 3.63) is 58.2 Å². The lowest BCUT2D eigenvalue weighted by molar-refractivity contribution is 0.0696. The maximum Gasteiger partial charge on any atom is 0.337 e. The Hall–Kier alpha value is -2.40. The summed E-state index contributed by atoms with van der Waals surface area (Å²) in [4.78, 5) is 26.6. The minimum Gasteiger partial charge on any atom is -0.478 e. The second kappa shape index (κ2) is 5.71. The van der Waals surface area contributed by atoms with E-state index in [4.69, 9.17) is 16.7 Å². The fourth-order valence-corrected chi connectivity index (χ4v) is 1.90. The van der Waals surface area contributed by atoms with Crippen molar-refractivity contribution < 1.29 is 14.7 Å². The largest absolute Gasteiger partial charge is 0.478 e. The number of carboxylic acid groups (broad SMARTS) is 1. The van der Waals surface area contributed by atoms with Crippen LogP contribution in [-0.4, -0.2) is 22.0 Å². The molecule has 0 bridgehead atoms. The van der Waals surface area contributed by atoms with E-state index in [1.54, 1.807) is 18.2 Å². The fourth-order valence-electron chi connectivity index (χ4n) is 1.58. The second-order valence-electron chi connectivity index (χ2n) is 4.17. The Morgan fingerprint density at radius 1 is 1.25 bits per heavy atom. The van der Waals surface area contributed by atoms with Crippen LogP contribution in [0.25, 0.3) is 0 Å². The zero-order valence-electron chi connectivity index (χ0n) is 10.6. The molecule has 0 aliphatic rings. The topological polar surface area (TPSA) is 79.3 Å². The molecule has 0 unspecified atom stereocenters. The number of pyridine rings is 1. The van der Waals surface area contributed by atoms with Gasteiger partial charge in [-0.1, -0.05) is 17.7 Å². The number of hydrogen-bond acceptors (Lipinski definition) is 3. The number of aromatic carboxylic acids is 1. The van der Waals surface area contributed by atoms with Gasteiger partial charge in [0.1, 0.15) is 5.82 Å². The third kappa shape index (κ3) is 3.13. The highest BCUT2D eigenvalue weighted by Gasteiger charge is 2.11. The Bertz CT molecular complexity index is 669. The molecule has 5 nitrogen and oxygen atoms in total. The van der Waals surface area contributed by atoms with Gasteiger partial charge in [-0.15, -0.1) is 0 Å². The molecule has 1 heterocycles. The van der Waals surface area contributed by atoms with E-state index in [1.807, 2.05) is 6.92 Å². The van der Waals surface area contributed by atoms with Gasteiger partial charge in [0, 0.05) is 6.20 Å². The van der Waals surface area contributed by atoms with Crippen molar-refractivity contribution in [1.82, 2.24) is 4.98 Å². The number of anilines is 1. The normalized spacial score (nSPS) is 10.1. The SMILES string of the molecule is Cc1ccc(C(=O)Nc2ccc(C(=O)O)cn2)c(Cl)c1. The minimum absolute atomic E-state index is 0.0522. The van der Waals surface area contributed by atoms with Crippen LogP contribution in [0, 0.1) is 6.92 Å². The molecule has 2 rings (SSSR count). The first kappa shape index (κ1) is 14.0. The van der Waals surface area contributed by atoms with E-state index in [0.29, 0.717) is 10.6 Å². The van der Waals surface area contributed by atoms with E-state index in [0.717, 1.165) is 5.56 Å². The zero-order chi connectivity index (χ0) is 14.7. The van der Waals surface area contributed by atoms with Crippen LogP contribution in [0.2, 0.25) is 5.02 Å². The maximum atomic E-state index is 12.0. The Morgan fingerprint density at radius 3 is 2.55 bits per heavy atom. The minimum atomic E-state index is -1.07. The summed E-state index contributed by atoms with van der Waals surface area (Å²) >= 11 is 6.00. The third-order valence-corrected chi connectivity index (χ3v) is 2.93. The van der Waals surface area contributed by atoms with E-state index >= 15 is 0 Å². The summed E-state index contributed by atoms with van der Waals surface area (Å²) in [6.07, 6.45) is 1.18. The smallest absolute Gasteiger partial charge is 0.337 e. The number of aryl methyl sites for hydroxylation is 1. The number of aromatic nitrogens is 1. The first-order chi connectivity index (χ1) is 9.47. The van der Waals surface area contributed by atoms with Gasteiger partial charge in [-0.25, -0.2) is 9.78 Å². The molecule has 0 saturated carbocycles. The molecule has 2 N–H and O–H groups in total. The van der Waals surface area contributed by atoms with Crippen molar-refractivity contribution >= 4 is 29.3 Å². The molecule has 0 atom stereocenters. The predicted molar refractivity (Wildman–Crippen MR) is 75.3 cm³/mol. The summed E-state index contributed by atoms with van der Waals surface area (Å²) in [7, 11) is 0. The van der Waals surface area contributed by atoms with E-state index in [-0.39, 0.29) is 11.4 Å². The van der Waals surface area contributed by atoms with Crippen LogP contribution in [0.15, 0.2) is 36.5 Å². The first-order valence-electron chi connectivity index (χ1n) is 5.74. The summed E-state index contributed by atoms with van der Waals surface area (Å²) in [5.41, 5.74) is 1.34. The second-order valence-corrected chi connectivity index (χ2v) is 4.58. The predicted octanol–water partition coefficient (Wildman–Crippen LogP) is 2.99. The Labute approximate surface area is 120 Å². The standard InChI is InChI=1S/C14H11ClN2O3/c1-8-2-4-10(11(15)6-8)13(18)17-12-5-3-9(7-16-12)14(19)20/h2-7H,1H3,(H,19,20)(H,16,17,18). The quantitative estimate of drug-likeness (QED) is 0.911. The van der Waals surface area contributed by atoms with Crippen molar-refractivity contribution in [2.24, 2.45) is 0 Å². The number of carbonyl (C=O) groups excluding carboxylic acids is 1. The van der Waals surface area contributed by atoms with Gasteiger partial charge in [0.05, 0.1) is 16.1 Å². The van der Waals surface area contributed by atoms with Crippen molar-refractivity contribution in [2.45, 2.75) is 6.92 Å². The van der Waals surface area contributed by atoms with Crippen LogP contribution in [0.5, 0.6) is 0 Å². The number of benzene rings is 1. The lowest BCUT2D eigenvalue weighted by atomic mass is 10.1. The molecule has 0 fully saturated rings. The number of amides is 1. The molecule has 0 spiro atoms. The van der Waals surface area contributed by atoms with Crippen LogP contribution >= 0.6 is 11.6 Å². The zero-order valence-corrected chi connectivity index (χ0v) is 11.3. The molecule has 1 aromatic heterocycles. The van der Waals surface area contributed by atoms with Gasteiger partial charge < -0.3 is 10.4 Å². The van der Waals surface area contributed by atoms with Crippen LogP contribution in [0.3, 0.4) is 0 Å². The Kier molecular flexibility index (Phi) is 4.00. The molecule has 1 aromatic carbocycles. The molecule has 102 valence electrons. The summed E-state index contributed by atoms with van der Waals surface area (Å²) in [5, 5.41) is 11.7. The number of hydrogen-bond donors (Lipinski definition) is 2. The molecule has 1 amide bonds. The van der Waals surface area contributed by atoms with Crippen molar-refractivity contribution in [2.75, 3.05) is 5.32 Å². The number of rotatable bonds is 3. The summed E-state index contributed by atoms with van der Waals surface area (Å²) in [6.45, 7) is 1.87. The highest BCUT2D eigenvalue weighted by molar-refractivity contribution is 6.34. The van der Waals surface area contributed by atoms with Crippen LogP contribution < -0.4 is 5.32 Å². The lowest BCUT2D eigenvalue weighted by Crippen LogP contribution is -2.13. The highest BCUT2D eigenvalue weighted by Crippen LogP contribution is 2.18. The number of carbonyl (C=O) groups is 2. The first-order valence-corrected chi connectivity index (χ1v) is 6.12. The number of carboxylic acids is 1. The summed E-state index contributed by atoms with van der Waals surface area (Å²) in [6, 6.07) is 7.88. The van der Waals surface area contributed by atoms with Crippen LogP contribution in [0.4, 0.5) is 5.82 Å². The Balaban J connectivity index is 2.17. The molecular formula is C14H11ClN2O3. The van der Waals surface area contributed by atoms with Gasteiger partial charge in [0.2, 0.25) is 0 Å². The lowest BCUT2D eigenvalue weighted by Gasteiger charge is -2.06. The maximum absolute atomic E-state index is 12.0. The average Bonchev–Trinajstić information content (AvgIpc) is 2.39. The van der Waals surface area contributed by atoms with Crippen LogP contribution in [0.1, 0.15) is 26.3 Å². The van der Waals surface area contributed by atoms with E-state index < -0.39 is 11.9 Å². The Morgan fingerprint density at radius 2 is 2.00 bits per heavy atom. The average molecular weight is 291 g/mol. The molecule has 20 heavy (non-hydrogen) atoms. The molecule has 0 aliphatic heterocycles. The summed E-state index contributed by atoms with van der Waals surface area (Å²) in [5.74, 6) is -1.21. The number of nitrogens with zero attached hydrogens (tertiary/aromatic N) is 1. The van der Waals surface area contributed by atoms with E-state index in [1.165, 1.54) is 18.3 Å². The van der Waals surface area contributed by atoms with Crippen molar-refractivity contribution in [3.8, 4) is 0 Å². The van der Waals surface area contributed by atoms with Crippen molar-refractivity contribution in [1.29, 1.82) is 0 Å². The van der Waals surface area contributed by atoms with Crippen LogP contribution in [-0.2, 0) is 0 Å². The highest BCUT2D eigenvalue weighted by atomic mass is 35.5. The monoisotopic (exact) mass is 290 g/mol. The van der Waals surface area contributed by atoms with Gasteiger partial charge in [-0.05, 0) is 36.8 Å². The van der Waals surface area contributed by atoms with Gasteiger partial charge in [0.15, 0.2) is 0 Å². The van der Waals surface area contributed by atoms with Gasteiger partial charge in [-0.3, -0.25) is 4.79 Å². The fraction of sp³-hybridized carbons (Fsp3) is 0.0714. The van der Waals surface area contributed by atoms with E-state index in [2.05, 4.69) is 10.3 Å². The molecule has 0 saturated heterocycles. The molecular weight excluding hydrogens is 280 g/mol. The number of halogens is 1. The van der Waals surface area contributed by atoms with E-state index in [9.17, 15) is 9.59 Å². The number of nitrogens with one attached hydrogen (secondary N) is 1. The third-order valence-electron chi connectivity index (χ3n) is 2.62. The molecule has 2 aromatic rings. The van der Waals surface area contributed by atoms with Gasteiger partial charge >= 0.3 is 5.97 Å². The van der Waals surface area contributed by atoms with Crippen molar-refractivity contribution in [3.63, 3.8) is 0 Å². The van der Waals surface area contributed by atoms with Gasteiger partial charge in [-0.2, -0.15) is 0 Å². The molecule has 0 radical (unpaired) electrons. The molecule has 0 aliphatic carbocycles. The summed E-state index contributed by atoms with van der Waals surface area (Å²) < 4.78 is 0. The van der Waals surface area contributed by atoms with Gasteiger partial charge in [0.25, 0.3) is 5.91 Å². The molecule has 6 heteroatoms.